The number of hydrogen-bond acceptors (Lipinski definition) is 2. The Hall–Kier alpha value is -3.05. The number of hydrogen-bond donors (Lipinski definition) is 2. The van der Waals surface area contributed by atoms with Crippen LogP contribution in [0.3, 0.4) is 0 Å². The Morgan fingerprint density at radius 2 is 1.25 bits per heavy atom. The summed E-state index contributed by atoms with van der Waals surface area (Å²) in [5, 5.41) is 0. The molecule has 5 heteroatoms. The molecule has 3 aromatic rings. The van der Waals surface area contributed by atoms with Crippen molar-refractivity contribution in [3.63, 3.8) is 0 Å². The molecule has 4 nitrogen and oxygen atoms in total. The predicted molar refractivity (Wildman–Crippen MR) is 100 cm³/mol. The molecular formula is C19H14N4Si. The van der Waals surface area contributed by atoms with Crippen LogP contribution in [0.15, 0.2) is 47.8 Å². The summed E-state index contributed by atoms with van der Waals surface area (Å²) in [6.07, 6.45) is 8.20. The molecule has 5 heterocycles. The lowest BCUT2D eigenvalue weighted by molar-refractivity contribution is 1.32. The van der Waals surface area contributed by atoms with E-state index in [1.165, 1.54) is 0 Å². The van der Waals surface area contributed by atoms with Gasteiger partial charge in [-0.15, -0.1) is 0 Å². The second-order valence-corrected chi connectivity index (χ2v) is 7.69. The van der Waals surface area contributed by atoms with Crippen LogP contribution in [-0.2, 0) is 0 Å². The molecule has 2 aliphatic heterocycles. The zero-order valence-electron chi connectivity index (χ0n) is 12.8. The molecule has 3 aromatic heterocycles. The fourth-order valence-corrected chi connectivity index (χ4v) is 4.52. The van der Waals surface area contributed by atoms with Gasteiger partial charge in [0, 0.05) is 16.6 Å². The molecule has 114 valence electrons. The number of rotatable bonds is 0. The second-order valence-electron chi connectivity index (χ2n) is 5.91. The number of H-pyrrole nitrogens is 2. The summed E-state index contributed by atoms with van der Waals surface area (Å²) in [6, 6.07) is 12.5. The van der Waals surface area contributed by atoms with E-state index in [2.05, 4.69) is 79.5 Å². The van der Waals surface area contributed by atoms with Gasteiger partial charge in [0.1, 0.15) is 0 Å². The minimum atomic E-state index is -0.905. The molecule has 0 radical (unpaired) electrons. The fraction of sp³-hybridized carbons (Fsp3) is 0. The van der Waals surface area contributed by atoms with Gasteiger partial charge in [-0.05, 0) is 66.4 Å². The van der Waals surface area contributed by atoms with Gasteiger partial charge in [0.25, 0.3) is 0 Å². The number of aromatic amines is 2. The van der Waals surface area contributed by atoms with E-state index in [9.17, 15) is 0 Å². The van der Waals surface area contributed by atoms with Crippen LogP contribution in [0, 0.1) is 0 Å². The highest BCUT2D eigenvalue weighted by atomic mass is 28.2. The smallest absolute Gasteiger partial charge is 0.157 e. The van der Waals surface area contributed by atoms with Crippen molar-refractivity contribution in [2.24, 2.45) is 0 Å². The Labute approximate surface area is 139 Å². The third-order valence-electron chi connectivity index (χ3n) is 4.04. The maximum Gasteiger partial charge on any atom is 0.157 e. The minimum Gasteiger partial charge on any atom is -0.389 e. The molecule has 0 aliphatic carbocycles. The SMILES string of the molecule is C1=Cc2cc3cc[si](cc4nc(cc5ccc(cc1n2)[nH]5)C=C4)[nH]3. The molecule has 0 saturated carbocycles. The van der Waals surface area contributed by atoms with Crippen molar-refractivity contribution in [2.45, 2.75) is 0 Å². The minimum absolute atomic E-state index is 0.905. The normalized spacial score (nSPS) is 12.7. The van der Waals surface area contributed by atoms with Crippen LogP contribution < -0.4 is 0 Å². The van der Waals surface area contributed by atoms with Crippen LogP contribution in [-0.4, -0.2) is 28.0 Å². The van der Waals surface area contributed by atoms with Crippen LogP contribution in [0.1, 0.15) is 22.8 Å². The van der Waals surface area contributed by atoms with Crippen LogP contribution in [0.25, 0.3) is 40.9 Å². The highest BCUT2D eigenvalue weighted by molar-refractivity contribution is 6.42. The molecule has 0 aromatic carbocycles. The van der Waals surface area contributed by atoms with Crippen molar-refractivity contribution in [1.29, 1.82) is 0 Å². The molecule has 2 aliphatic rings. The van der Waals surface area contributed by atoms with Gasteiger partial charge in [-0.25, -0.2) is 9.97 Å². The second kappa shape index (κ2) is 5.25. The highest BCUT2D eigenvalue weighted by Crippen LogP contribution is 2.15. The van der Waals surface area contributed by atoms with E-state index in [0.29, 0.717) is 0 Å². The monoisotopic (exact) mass is 326 g/mol. The summed E-state index contributed by atoms with van der Waals surface area (Å²) >= 11 is 0. The van der Waals surface area contributed by atoms with Gasteiger partial charge in [0.05, 0.1) is 22.8 Å². The maximum atomic E-state index is 4.68. The van der Waals surface area contributed by atoms with E-state index in [4.69, 9.17) is 0 Å². The molecule has 8 bridgehead atoms. The molecule has 2 N–H and O–H groups in total. The van der Waals surface area contributed by atoms with Crippen LogP contribution in [0.4, 0.5) is 0 Å². The summed E-state index contributed by atoms with van der Waals surface area (Å²) in [4.78, 5) is 12.7. The molecule has 0 atom stereocenters. The van der Waals surface area contributed by atoms with Crippen molar-refractivity contribution >= 4 is 49.2 Å². The van der Waals surface area contributed by atoms with E-state index < -0.39 is 8.37 Å². The van der Waals surface area contributed by atoms with Crippen molar-refractivity contribution in [3.05, 3.63) is 70.5 Å². The Balaban J connectivity index is 1.85. The Kier molecular flexibility index (Phi) is 2.93. The van der Waals surface area contributed by atoms with E-state index in [1.807, 2.05) is 12.2 Å². The molecular weight excluding hydrogens is 312 g/mol. The molecule has 0 amide bonds. The zero-order chi connectivity index (χ0) is 15.9. The first-order valence-electron chi connectivity index (χ1n) is 7.85. The van der Waals surface area contributed by atoms with E-state index in [0.717, 1.165) is 39.3 Å². The molecule has 0 spiro atoms. The lowest BCUT2D eigenvalue weighted by Crippen LogP contribution is -1.85. The van der Waals surface area contributed by atoms with Crippen LogP contribution in [0.5, 0.6) is 0 Å². The van der Waals surface area contributed by atoms with Crippen molar-refractivity contribution < 1.29 is 0 Å². The third-order valence-corrected chi connectivity index (χ3v) is 5.75. The van der Waals surface area contributed by atoms with E-state index in [-0.39, 0.29) is 0 Å². The van der Waals surface area contributed by atoms with Gasteiger partial charge in [-0.2, -0.15) is 0 Å². The topological polar surface area (TPSA) is 57.4 Å². The zero-order valence-corrected chi connectivity index (χ0v) is 13.8. The predicted octanol–water partition coefficient (Wildman–Crippen LogP) is 3.98. The van der Waals surface area contributed by atoms with E-state index >= 15 is 0 Å². The largest absolute Gasteiger partial charge is 0.389 e. The van der Waals surface area contributed by atoms with Crippen molar-refractivity contribution in [3.8, 4) is 0 Å². The lowest BCUT2D eigenvalue weighted by atomic mass is 10.3. The summed E-state index contributed by atoms with van der Waals surface area (Å²) in [5.74, 6) is 0. The van der Waals surface area contributed by atoms with Gasteiger partial charge in [-0.3, -0.25) is 0 Å². The van der Waals surface area contributed by atoms with Gasteiger partial charge >= 0.3 is 0 Å². The number of nitrogens with zero attached hydrogens (tertiary/aromatic N) is 2. The molecule has 0 saturated heterocycles. The first-order chi connectivity index (χ1) is 11.8. The van der Waals surface area contributed by atoms with Gasteiger partial charge in [-0.1, -0.05) is 5.68 Å². The first-order valence-corrected chi connectivity index (χ1v) is 9.50. The first kappa shape index (κ1) is 13.4. The van der Waals surface area contributed by atoms with Gasteiger partial charge < -0.3 is 9.62 Å². The Bertz CT molecular complexity index is 990. The van der Waals surface area contributed by atoms with Crippen molar-refractivity contribution in [1.82, 2.24) is 19.6 Å². The summed E-state index contributed by atoms with van der Waals surface area (Å²) < 4.78 is 3.56. The molecule has 5 rings (SSSR count). The third kappa shape index (κ3) is 2.55. The highest BCUT2D eigenvalue weighted by Gasteiger charge is 2.01. The van der Waals surface area contributed by atoms with Crippen LogP contribution >= 0.6 is 0 Å². The summed E-state index contributed by atoms with van der Waals surface area (Å²) in [7, 11) is -0.905. The quantitative estimate of drug-likeness (QED) is 0.423. The molecule has 0 unspecified atom stereocenters. The number of aromatic nitrogens is 4. The van der Waals surface area contributed by atoms with Crippen LogP contribution in [0.2, 0.25) is 0 Å². The standard InChI is InChI=1S/C19H14N4Si/c1-2-15-10-16-5-6-19(22-16)12-24-8-7-18(23-24)11-17-4-3-14(21-17)9-13(1)20-15/h1-12,20,23H. The average molecular weight is 326 g/mol. The molecule has 24 heavy (non-hydrogen) atoms. The fourth-order valence-electron chi connectivity index (χ4n) is 2.94. The van der Waals surface area contributed by atoms with Crippen molar-refractivity contribution in [2.75, 3.05) is 0 Å². The average Bonchev–Trinajstić information content (AvgIpc) is 3.32. The molecule has 0 fully saturated rings. The summed E-state index contributed by atoms with van der Waals surface area (Å²) in [5.41, 5.74) is 11.6. The number of fused-ring (bicyclic) bond motifs is 8. The maximum absolute atomic E-state index is 4.68. The van der Waals surface area contributed by atoms with Gasteiger partial charge in [0.15, 0.2) is 8.37 Å². The number of nitrogens with one attached hydrogen (secondary N) is 2. The summed E-state index contributed by atoms with van der Waals surface area (Å²) in [6.45, 7) is 0. The lowest BCUT2D eigenvalue weighted by Gasteiger charge is -1.85. The van der Waals surface area contributed by atoms with Gasteiger partial charge in [0.2, 0.25) is 0 Å². The van der Waals surface area contributed by atoms with E-state index in [1.54, 1.807) is 0 Å². The Morgan fingerprint density at radius 1 is 0.667 bits per heavy atom. The Morgan fingerprint density at radius 3 is 1.96 bits per heavy atom.